The van der Waals surface area contributed by atoms with E-state index in [1.807, 2.05) is 6.92 Å². The van der Waals surface area contributed by atoms with Crippen molar-refractivity contribution in [2.45, 2.75) is 13.3 Å². The highest BCUT2D eigenvalue weighted by Crippen LogP contribution is 2.24. The lowest BCUT2D eigenvalue weighted by Gasteiger charge is -2.12. The van der Waals surface area contributed by atoms with Gasteiger partial charge in [-0.05, 0) is 67.6 Å². The van der Waals surface area contributed by atoms with Crippen molar-refractivity contribution in [3.63, 3.8) is 0 Å². The van der Waals surface area contributed by atoms with Gasteiger partial charge in [0.2, 0.25) is 0 Å². The number of hydrogen-bond acceptors (Lipinski definition) is 2. The molecule has 1 aromatic carbocycles. The molecule has 1 N–H and O–H groups in total. The maximum absolute atomic E-state index is 13.2. The summed E-state index contributed by atoms with van der Waals surface area (Å²) in [5.74, 6) is -0.212. The third-order valence-corrected chi connectivity index (χ3v) is 2.97. The molecular weight excluding hydrogens is 271 g/mol. The molecule has 0 unspecified atom stereocenters. The number of halogens is 2. The van der Waals surface area contributed by atoms with Crippen LogP contribution in [0.15, 0.2) is 16.6 Å². The lowest BCUT2D eigenvalue weighted by atomic mass is 10.2. The molecule has 1 rings (SSSR count). The van der Waals surface area contributed by atoms with Crippen LogP contribution in [-0.4, -0.2) is 32.1 Å². The number of nitrogens with one attached hydrogen (secondary N) is 1. The van der Waals surface area contributed by atoms with Crippen molar-refractivity contribution in [1.29, 1.82) is 0 Å². The minimum Gasteiger partial charge on any atom is -0.385 e. The molecule has 0 aromatic heterocycles. The van der Waals surface area contributed by atoms with Gasteiger partial charge in [0.15, 0.2) is 0 Å². The fraction of sp³-hybridized carbons (Fsp3) is 0.500. The van der Waals surface area contributed by atoms with E-state index in [2.05, 4.69) is 40.2 Å². The van der Waals surface area contributed by atoms with Gasteiger partial charge >= 0.3 is 0 Å². The first-order valence-electron chi connectivity index (χ1n) is 5.35. The number of benzene rings is 1. The van der Waals surface area contributed by atoms with Crippen molar-refractivity contribution >= 4 is 21.6 Å². The molecule has 0 aliphatic carbocycles. The quantitative estimate of drug-likeness (QED) is 0.837. The topological polar surface area (TPSA) is 15.3 Å². The van der Waals surface area contributed by atoms with Crippen LogP contribution in [0.2, 0.25) is 0 Å². The second-order valence-electron chi connectivity index (χ2n) is 4.16. The second-order valence-corrected chi connectivity index (χ2v) is 5.02. The van der Waals surface area contributed by atoms with Gasteiger partial charge in [0.25, 0.3) is 0 Å². The number of aryl methyl sites for hydroxylation is 1. The Morgan fingerprint density at radius 2 is 2.06 bits per heavy atom. The highest BCUT2D eigenvalue weighted by Gasteiger charge is 2.04. The first-order valence-corrected chi connectivity index (χ1v) is 6.14. The average Bonchev–Trinajstić information content (AvgIpc) is 2.19. The van der Waals surface area contributed by atoms with E-state index in [9.17, 15) is 4.39 Å². The van der Waals surface area contributed by atoms with Gasteiger partial charge in [-0.1, -0.05) is 0 Å². The minimum atomic E-state index is -0.212. The molecule has 4 heteroatoms. The molecular formula is C12H18BrFN2. The van der Waals surface area contributed by atoms with E-state index in [4.69, 9.17) is 0 Å². The standard InChI is InChI=1S/C12H18BrFN2/c1-9-7-11(14)10(13)8-12(9)15-5-4-6-16(2)3/h7-8,15H,4-6H2,1-3H3. The fourth-order valence-corrected chi connectivity index (χ4v) is 1.80. The molecule has 0 fully saturated rings. The molecule has 0 aliphatic rings. The van der Waals surface area contributed by atoms with Crippen LogP contribution >= 0.6 is 15.9 Å². The van der Waals surface area contributed by atoms with Gasteiger partial charge in [0.1, 0.15) is 5.82 Å². The van der Waals surface area contributed by atoms with E-state index in [-0.39, 0.29) is 5.82 Å². The summed E-state index contributed by atoms with van der Waals surface area (Å²) in [5, 5.41) is 3.31. The van der Waals surface area contributed by atoms with Crippen molar-refractivity contribution in [1.82, 2.24) is 4.90 Å². The number of nitrogens with zero attached hydrogens (tertiary/aromatic N) is 1. The van der Waals surface area contributed by atoms with Crippen molar-refractivity contribution in [3.05, 3.63) is 28.0 Å². The minimum absolute atomic E-state index is 0.212. The summed E-state index contributed by atoms with van der Waals surface area (Å²) in [6.45, 7) is 3.86. The van der Waals surface area contributed by atoms with Crippen LogP contribution in [0.3, 0.4) is 0 Å². The number of anilines is 1. The number of rotatable bonds is 5. The first-order chi connectivity index (χ1) is 7.50. The summed E-state index contributed by atoms with van der Waals surface area (Å²) in [5.41, 5.74) is 1.93. The molecule has 90 valence electrons. The van der Waals surface area contributed by atoms with Crippen LogP contribution in [0.4, 0.5) is 10.1 Å². The van der Waals surface area contributed by atoms with Gasteiger partial charge in [-0.2, -0.15) is 0 Å². The van der Waals surface area contributed by atoms with Crippen molar-refractivity contribution in [2.75, 3.05) is 32.5 Å². The van der Waals surface area contributed by atoms with Crippen LogP contribution in [0.25, 0.3) is 0 Å². The third kappa shape index (κ3) is 4.10. The summed E-state index contributed by atoms with van der Waals surface area (Å²) < 4.78 is 13.7. The van der Waals surface area contributed by atoms with Gasteiger partial charge in [-0.25, -0.2) is 4.39 Å². The summed E-state index contributed by atoms with van der Waals surface area (Å²) >= 11 is 3.19. The SMILES string of the molecule is Cc1cc(F)c(Br)cc1NCCCN(C)C. The Hall–Kier alpha value is -0.610. The molecule has 0 spiro atoms. The van der Waals surface area contributed by atoms with Crippen molar-refractivity contribution < 1.29 is 4.39 Å². The molecule has 0 bridgehead atoms. The molecule has 0 saturated carbocycles. The Morgan fingerprint density at radius 1 is 1.38 bits per heavy atom. The van der Waals surface area contributed by atoms with Crippen LogP contribution in [0.1, 0.15) is 12.0 Å². The van der Waals surface area contributed by atoms with Crippen LogP contribution in [0.5, 0.6) is 0 Å². The normalized spacial score (nSPS) is 10.9. The summed E-state index contributed by atoms with van der Waals surface area (Å²) in [6.07, 6.45) is 1.07. The smallest absolute Gasteiger partial charge is 0.137 e. The van der Waals surface area contributed by atoms with Crippen molar-refractivity contribution in [3.8, 4) is 0 Å². The van der Waals surface area contributed by atoms with E-state index in [1.165, 1.54) is 0 Å². The Morgan fingerprint density at radius 3 is 2.69 bits per heavy atom. The molecule has 0 heterocycles. The lowest BCUT2D eigenvalue weighted by Crippen LogP contribution is -2.16. The van der Waals surface area contributed by atoms with E-state index in [0.717, 1.165) is 30.8 Å². The fourth-order valence-electron chi connectivity index (χ4n) is 1.46. The maximum Gasteiger partial charge on any atom is 0.137 e. The Bertz CT molecular complexity index is 353. The van der Waals surface area contributed by atoms with Crippen LogP contribution in [0, 0.1) is 12.7 Å². The zero-order valence-electron chi connectivity index (χ0n) is 9.98. The number of hydrogen-bond donors (Lipinski definition) is 1. The first kappa shape index (κ1) is 13.5. The van der Waals surface area contributed by atoms with Crippen LogP contribution < -0.4 is 5.32 Å². The van der Waals surface area contributed by atoms with Crippen molar-refractivity contribution in [2.24, 2.45) is 0 Å². The van der Waals surface area contributed by atoms with E-state index < -0.39 is 0 Å². The second kappa shape index (κ2) is 6.21. The van der Waals surface area contributed by atoms with Gasteiger partial charge in [0, 0.05) is 12.2 Å². The predicted molar refractivity (Wildman–Crippen MR) is 70.5 cm³/mol. The molecule has 0 amide bonds. The van der Waals surface area contributed by atoms with Gasteiger partial charge < -0.3 is 10.2 Å². The van der Waals surface area contributed by atoms with Crippen LogP contribution in [-0.2, 0) is 0 Å². The predicted octanol–water partition coefficient (Wildman–Crippen LogP) is 3.26. The monoisotopic (exact) mass is 288 g/mol. The van der Waals surface area contributed by atoms with E-state index in [1.54, 1.807) is 12.1 Å². The molecule has 0 atom stereocenters. The molecule has 16 heavy (non-hydrogen) atoms. The highest BCUT2D eigenvalue weighted by atomic mass is 79.9. The molecule has 0 radical (unpaired) electrons. The van der Waals surface area contributed by atoms with E-state index in [0.29, 0.717) is 4.47 Å². The lowest BCUT2D eigenvalue weighted by molar-refractivity contribution is 0.405. The highest BCUT2D eigenvalue weighted by molar-refractivity contribution is 9.10. The molecule has 0 saturated heterocycles. The molecule has 1 aromatic rings. The Balaban J connectivity index is 2.51. The summed E-state index contributed by atoms with van der Waals surface area (Å²) in [4.78, 5) is 2.15. The maximum atomic E-state index is 13.2. The summed E-state index contributed by atoms with van der Waals surface area (Å²) in [7, 11) is 4.11. The molecule has 2 nitrogen and oxygen atoms in total. The Kier molecular flexibility index (Phi) is 5.22. The van der Waals surface area contributed by atoms with E-state index >= 15 is 0 Å². The molecule has 0 aliphatic heterocycles. The van der Waals surface area contributed by atoms with Gasteiger partial charge in [0.05, 0.1) is 4.47 Å². The zero-order chi connectivity index (χ0) is 12.1. The van der Waals surface area contributed by atoms with Gasteiger partial charge in [-0.3, -0.25) is 0 Å². The average molecular weight is 289 g/mol. The summed E-state index contributed by atoms with van der Waals surface area (Å²) in [6, 6.07) is 3.33. The zero-order valence-corrected chi connectivity index (χ0v) is 11.6. The Labute approximate surface area is 105 Å². The van der Waals surface area contributed by atoms with Gasteiger partial charge in [-0.15, -0.1) is 0 Å². The largest absolute Gasteiger partial charge is 0.385 e. The third-order valence-electron chi connectivity index (χ3n) is 2.36.